The van der Waals surface area contributed by atoms with Gasteiger partial charge in [-0.05, 0) is 36.6 Å². The Kier molecular flexibility index (Phi) is 4.57. The van der Waals surface area contributed by atoms with Gasteiger partial charge in [-0.25, -0.2) is 0 Å². The third-order valence-electron chi connectivity index (χ3n) is 4.02. The van der Waals surface area contributed by atoms with E-state index in [1.807, 2.05) is 36.4 Å². The van der Waals surface area contributed by atoms with Crippen molar-refractivity contribution in [2.75, 3.05) is 0 Å². The molecular weight excluding hydrogens is 288 g/mol. The quantitative estimate of drug-likeness (QED) is 0.685. The highest BCUT2D eigenvalue weighted by molar-refractivity contribution is 5.73. The molecule has 0 radical (unpaired) electrons. The summed E-state index contributed by atoms with van der Waals surface area (Å²) in [6.45, 7) is 2.48. The Morgan fingerprint density at radius 2 is 1.78 bits per heavy atom. The Morgan fingerprint density at radius 1 is 1.09 bits per heavy atom. The number of fused-ring (bicyclic) bond motifs is 1. The molecule has 0 bridgehead atoms. The van der Waals surface area contributed by atoms with Gasteiger partial charge < -0.3 is 10.8 Å². The zero-order chi connectivity index (χ0) is 16.2. The van der Waals surface area contributed by atoms with E-state index in [4.69, 9.17) is 5.73 Å². The summed E-state index contributed by atoms with van der Waals surface area (Å²) in [6, 6.07) is 11.6. The topological polar surface area (TPSA) is 77.0 Å². The van der Waals surface area contributed by atoms with Crippen LogP contribution in [-0.4, -0.2) is 20.1 Å². The molecule has 2 aromatic carbocycles. The Labute approximate surface area is 135 Å². The van der Waals surface area contributed by atoms with Gasteiger partial charge in [0.2, 0.25) is 0 Å². The van der Waals surface area contributed by atoms with Crippen molar-refractivity contribution < 1.29 is 5.11 Å². The van der Waals surface area contributed by atoms with Gasteiger partial charge in [0, 0.05) is 12.1 Å². The Morgan fingerprint density at radius 3 is 2.39 bits per heavy atom. The molecule has 0 fully saturated rings. The van der Waals surface area contributed by atoms with E-state index in [0.29, 0.717) is 12.2 Å². The molecule has 3 rings (SSSR count). The van der Waals surface area contributed by atoms with Crippen molar-refractivity contribution in [2.45, 2.75) is 39.2 Å². The molecule has 0 amide bonds. The first kappa shape index (κ1) is 15.5. The fourth-order valence-electron chi connectivity index (χ4n) is 2.74. The second kappa shape index (κ2) is 6.79. The fourth-order valence-corrected chi connectivity index (χ4v) is 2.74. The zero-order valence-corrected chi connectivity index (χ0v) is 13.4. The van der Waals surface area contributed by atoms with Crippen LogP contribution in [0.15, 0.2) is 36.4 Å². The van der Waals surface area contributed by atoms with Gasteiger partial charge in [0.25, 0.3) is 0 Å². The number of hydrogen-bond donors (Lipinski definition) is 2. The molecule has 0 spiro atoms. The number of rotatable bonds is 6. The first-order valence-electron chi connectivity index (χ1n) is 8.10. The van der Waals surface area contributed by atoms with Crippen molar-refractivity contribution in [1.29, 1.82) is 0 Å². The average Bonchev–Trinajstić information content (AvgIpc) is 3.00. The third kappa shape index (κ3) is 3.19. The number of benzene rings is 2. The van der Waals surface area contributed by atoms with Crippen molar-refractivity contribution in [3.8, 4) is 11.4 Å². The summed E-state index contributed by atoms with van der Waals surface area (Å²) in [4.78, 5) is 1.50. The molecule has 1 aromatic heterocycles. The number of nitrogens with two attached hydrogens (primary N) is 1. The number of aryl methyl sites for hydroxylation is 1. The lowest BCUT2D eigenvalue weighted by Crippen LogP contribution is -2.05. The van der Waals surface area contributed by atoms with E-state index in [1.165, 1.54) is 17.6 Å². The largest absolute Gasteiger partial charge is 0.505 e. The number of unbranched alkanes of at least 4 members (excludes halogenated alkanes) is 2. The minimum atomic E-state index is 0.159. The van der Waals surface area contributed by atoms with Crippen molar-refractivity contribution in [2.24, 2.45) is 5.73 Å². The van der Waals surface area contributed by atoms with Gasteiger partial charge in [0.1, 0.15) is 22.5 Å². The monoisotopic (exact) mass is 310 g/mol. The summed E-state index contributed by atoms with van der Waals surface area (Å²) in [6.07, 6.45) is 4.47. The highest BCUT2D eigenvalue weighted by Crippen LogP contribution is 2.28. The summed E-state index contributed by atoms with van der Waals surface area (Å²) < 4.78 is 0. The molecule has 5 heteroatoms. The normalized spacial score (nSPS) is 11.2. The fraction of sp³-hybridized carbons (Fsp3) is 0.333. The molecular formula is C18H22N4O. The molecule has 3 N–H and O–H groups in total. The molecule has 0 unspecified atom stereocenters. The van der Waals surface area contributed by atoms with E-state index >= 15 is 0 Å². The smallest absolute Gasteiger partial charge is 0.147 e. The second-order valence-electron chi connectivity index (χ2n) is 5.76. The van der Waals surface area contributed by atoms with E-state index < -0.39 is 0 Å². The predicted molar refractivity (Wildman–Crippen MR) is 91.7 cm³/mol. The second-order valence-corrected chi connectivity index (χ2v) is 5.76. The molecule has 0 aliphatic carbocycles. The van der Waals surface area contributed by atoms with E-state index in [2.05, 4.69) is 17.1 Å². The minimum absolute atomic E-state index is 0.159. The zero-order valence-electron chi connectivity index (χ0n) is 13.4. The predicted octanol–water partition coefficient (Wildman–Crippen LogP) is 3.32. The number of aromatic nitrogens is 3. The van der Waals surface area contributed by atoms with Crippen molar-refractivity contribution in [3.63, 3.8) is 0 Å². The van der Waals surface area contributed by atoms with E-state index in [9.17, 15) is 5.11 Å². The van der Waals surface area contributed by atoms with Crippen LogP contribution in [0.5, 0.6) is 5.75 Å². The van der Waals surface area contributed by atoms with Crippen LogP contribution >= 0.6 is 0 Å². The van der Waals surface area contributed by atoms with Crippen LogP contribution < -0.4 is 5.73 Å². The molecule has 0 saturated heterocycles. The van der Waals surface area contributed by atoms with Crippen molar-refractivity contribution in [3.05, 3.63) is 47.5 Å². The highest BCUT2D eigenvalue weighted by atomic mass is 16.3. The molecule has 0 aliphatic heterocycles. The van der Waals surface area contributed by atoms with Gasteiger partial charge in [0.15, 0.2) is 0 Å². The molecule has 120 valence electrons. The third-order valence-corrected chi connectivity index (χ3v) is 4.02. The maximum Gasteiger partial charge on any atom is 0.147 e. The molecule has 1 heterocycles. The minimum Gasteiger partial charge on any atom is -0.505 e. The van der Waals surface area contributed by atoms with E-state index in [1.54, 1.807) is 0 Å². The Bertz CT molecular complexity index is 777. The molecule has 0 aliphatic rings. The van der Waals surface area contributed by atoms with Crippen LogP contribution in [0, 0.1) is 0 Å². The maximum atomic E-state index is 10.5. The molecule has 5 nitrogen and oxygen atoms in total. The summed E-state index contributed by atoms with van der Waals surface area (Å²) in [5, 5.41) is 19.4. The summed E-state index contributed by atoms with van der Waals surface area (Å²) in [7, 11) is 0. The van der Waals surface area contributed by atoms with E-state index in [0.717, 1.165) is 35.0 Å². The average molecular weight is 310 g/mol. The van der Waals surface area contributed by atoms with E-state index in [-0.39, 0.29) is 5.75 Å². The number of aromatic hydroxyl groups is 1. The van der Waals surface area contributed by atoms with Crippen molar-refractivity contribution in [1.82, 2.24) is 15.0 Å². The Balaban J connectivity index is 2.03. The lowest BCUT2D eigenvalue weighted by atomic mass is 10.0. The standard InChI is InChI=1S/C18H22N4O/c1-2-3-4-7-13-10-14(12-19)18(23)17(11-13)22-20-15-8-5-6-9-16(15)21-22/h5-6,8-11,23H,2-4,7,12,19H2,1H3. The SMILES string of the molecule is CCCCCc1cc(CN)c(O)c(-n2nc3ccccc3n2)c1. The molecule has 3 aromatic rings. The van der Waals surface area contributed by atoms with Crippen LogP contribution in [0.1, 0.15) is 37.3 Å². The van der Waals surface area contributed by atoms with Gasteiger partial charge in [-0.2, -0.15) is 0 Å². The van der Waals surface area contributed by atoms with Crippen LogP contribution in [0.3, 0.4) is 0 Å². The van der Waals surface area contributed by atoms with Crippen LogP contribution in [0.4, 0.5) is 0 Å². The van der Waals surface area contributed by atoms with Gasteiger partial charge in [0.05, 0.1) is 0 Å². The van der Waals surface area contributed by atoms with Crippen LogP contribution in [0.25, 0.3) is 16.7 Å². The number of nitrogens with zero attached hydrogens (tertiary/aromatic N) is 3. The van der Waals surface area contributed by atoms with Gasteiger partial charge >= 0.3 is 0 Å². The van der Waals surface area contributed by atoms with Gasteiger partial charge in [-0.1, -0.05) is 38.0 Å². The first-order valence-corrected chi connectivity index (χ1v) is 8.10. The molecule has 23 heavy (non-hydrogen) atoms. The summed E-state index contributed by atoms with van der Waals surface area (Å²) in [5.41, 5.74) is 9.88. The molecule has 0 saturated carbocycles. The van der Waals surface area contributed by atoms with Gasteiger partial charge in [-0.15, -0.1) is 15.0 Å². The lowest BCUT2D eigenvalue weighted by Gasteiger charge is -2.11. The van der Waals surface area contributed by atoms with Crippen molar-refractivity contribution >= 4 is 11.0 Å². The summed E-state index contributed by atoms with van der Waals surface area (Å²) in [5.74, 6) is 0.159. The lowest BCUT2D eigenvalue weighted by molar-refractivity contribution is 0.460. The van der Waals surface area contributed by atoms with Crippen LogP contribution in [-0.2, 0) is 13.0 Å². The molecule has 0 atom stereocenters. The van der Waals surface area contributed by atoms with Crippen LogP contribution in [0.2, 0.25) is 0 Å². The highest BCUT2D eigenvalue weighted by Gasteiger charge is 2.13. The number of phenols is 1. The number of hydrogen-bond acceptors (Lipinski definition) is 4. The first-order chi connectivity index (χ1) is 11.2. The number of phenolic OH excluding ortho intramolecular Hbond substituents is 1. The van der Waals surface area contributed by atoms with Gasteiger partial charge in [-0.3, -0.25) is 0 Å². The Hall–Kier alpha value is -2.40. The maximum absolute atomic E-state index is 10.5. The summed E-state index contributed by atoms with van der Waals surface area (Å²) >= 11 is 0.